The quantitative estimate of drug-likeness (QED) is 0.479. The molecule has 144 valence electrons. The van der Waals surface area contributed by atoms with Gasteiger partial charge < -0.3 is 5.32 Å². The van der Waals surface area contributed by atoms with Gasteiger partial charge in [-0.1, -0.05) is 66.2 Å². The van der Waals surface area contributed by atoms with Crippen LogP contribution in [0.1, 0.15) is 31.8 Å². The Morgan fingerprint density at radius 1 is 0.862 bits per heavy atom. The van der Waals surface area contributed by atoms with Crippen LogP contribution in [0.25, 0.3) is 6.08 Å². The molecule has 3 rings (SSSR count). The van der Waals surface area contributed by atoms with Crippen LogP contribution in [0.5, 0.6) is 0 Å². The number of anilines is 1. The fourth-order valence-electron chi connectivity index (χ4n) is 2.69. The largest absolute Gasteiger partial charge is 0.321 e. The Morgan fingerprint density at radius 3 is 2.41 bits per heavy atom. The highest BCUT2D eigenvalue weighted by Gasteiger charge is 2.13. The molecule has 5 nitrogen and oxygen atoms in total. The highest BCUT2D eigenvalue weighted by Crippen LogP contribution is 2.16. The number of carbonyl (C=O) groups excluding carboxylic acids is 2. The number of carbonyl (C=O) groups is 2. The minimum Gasteiger partial charge on any atom is -0.321 e. The van der Waals surface area contributed by atoms with E-state index >= 15 is 0 Å². The van der Waals surface area contributed by atoms with E-state index in [0.717, 1.165) is 11.1 Å². The lowest BCUT2D eigenvalue weighted by Crippen LogP contribution is -2.21. The number of benzene rings is 3. The number of amides is 2. The zero-order chi connectivity index (χ0) is 20.5. The lowest BCUT2D eigenvalue weighted by molar-refractivity contribution is 0.0956. The summed E-state index contributed by atoms with van der Waals surface area (Å²) in [5.74, 6) is -0.683. The van der Waals surface area contributed by atoms with E-state index < -0.39 is 5.91 Å². The van der Waals surface area contributed by atoms with Crippen molar-refractivity contribution < 1.29 is 9.59 Å². The predicted octanol–water partition coefficient (Wildman–Crippen LogP) is 4.68. The number of aryl methyl sites for hydroxylation is 1. The lowest BCUT2D eigenvalue weighted by atomic mass is 10.1. The smallest absolute Gasteiger partial charge is 0.273 e. The summed E-state index contributed by atoms with van der Waals surface area (Å²) in [6.07, 6.45) is 5.12. The maximum absolute atomic E-state index is 12.5. The third-order valence-electron chi connectivity index (χ3n) is 4.12. The summed E-state index contributed by atoms with van der Waals surface area (Å²) in [6, 6.07) is 23.8. The normalized spacial score (nSPS) is 10.9. The number of hydrogen-bond acceptors (Lipinski definition) is 3. The Morgan fingerprint density at radius 2 is 1.62 bits per heavy atom. The van der Waals surface area contributed by atoms with Gasteiger partial charge in [-0.2, -0.15) is 5.10 Å². The Kier molecular flexibility index (Phi) is 6.68. The molecule has 5 heteroatoms. The van der Waals surface area contributed by atoms with E-state index in [1.54, 1.807) is 42.5 Å². The SMILES string of the molecule is Cc1cccc(C(=O)Nc2ccccc2C(=O)N/N=C\C=C\c2ccccc2)c1. The molecule has 0 bridgehead atoms. The number of allylic oxidation sites excluding steroid dienone is 1. The molecule has 0 aromatic heterocycles. The number of hydrogen-bond donors (Lipinski definition) is 2. The average molecular weight is 383 g/mol. The minimum absolute atomic E-state index is 0.275. The molecule has 0 heterocycles. The lowest BCUT2D eigenvalue weighted by Gasteiger charge is -2.10. The summed E-state index contributed by atoms with van der Waals surface area (Å²) in [7, 11) is 0. The van der Waals surface area contributed by atoms with E-state index in [1.165, 1.54) is 6.21 Å². The van der Waals surface area contributed by atoms with Crippen LogP contribution in [0.15, 0.2) is 90.0 Å². The van der Waals surface area contributed by atoms with Crippen molar-refractivity contribution in [3.63, 3.8) is 0 Å². The van der Waals surface area contributed by atoms with Gasteiger partial charge in [-0.05, 0) is 42.8 Å². The van der Waals surface area contributed by atoms with E-state index in [1.807, 2.05) is 55.5 Å². The first-order valence-corrected chi connectivity index (χ1v) is 9.15. The molecule has 3 aromatic rings. The van der Waals surface area contributed by atoms with Crippen molar-refractivity contribution in [1.29, 1.82) is 0 Å². The summed E-state index contributed by atoms with van der Waals surface area (Å²) in [4.78, 5) is 25.0. The molecule has 0 radical (unpaired) electrons. The molecular formula is C24H21N3O2. The molecule has 0 aliphatic carbocycles. The molecule has 0 fully saturated rings. The third-order valence-corrected chi connectivity index (χ3v) is 4.12. The maximum Gasteiger partial charge on any atom is 0.273 e. The first-order chi connectivity index (χ1) is 14.1. The zero-order valence-electron chi connectivity index (χ0n) is 16.0. The molecule has 0 saturated carbocycles. The molecular weight excluding hydrogens is 362 g/mol. The van der Waals surface area contributed by atoms with Gasteiger partial charge in [0, 0.05) is 11.8 Å². The van der Waals surface area contributed by atoms with E-state index in [4.69, 9.17) is 0 Å². The van der Waals surface area contributed by atoms with Gasteiger partial charge in [-0.15, -0.1) is 0 Å². The van der Waals surface area contributed by atoms with Gasteiger partial charge >= 0.3 is 0 Å². The van der Waals surface area contributed by atoms with Crippen LogP contribution in [-0.4, -0.2) is 18.0 Å². The molecule has 0 aliphatic heterocycles. The first-order valence-electron chi connectivity index (χ1n) is 9.15. The van der Waals surface area contributed by atoms with Crippen molar-refractivity contribution in [3.05, 3.63) is 107 Å². The van der Waals surface area contributed by atoms with Crippen molar-refractivity contribution in [3.8, 4) is 0 Å². The second-order valence-electron chi connectivity index (χ2n) is 6.36. The monoisotopic (exact) mass is 383 g/mol. The molecule has 2 amide bonds. The fraction of sp³-hybridized carbons (Fsp3) is 0.0417. The molecule has 0 unspecified atom stereocenters. The number of rotatable bonds is 6. The van der Waals surface area contributed by atoms with Crippen LogP contribution >= 0.6 is 0 Å². The molecule has 0 saturated heterocycles. The standard InChI is InChI=1S/C24H21N3O2/c1-18-9-7-13-20(17-18)23(28)26-22-15-6-5-14-21(22)24(29)27-25-16-8-12-19-10-3-2-4-11-19/h2-17H,1H3,(H,26,28)(H,27,29)/b12-8+,25-16-. The van der Waals surface area contributed by atoms with Gasteiger partial charge in [0.25, 0.3) is 11.8 Å². The van der Waals surface area contributed by atoms with Crippen LogP contribution in [0.3, 0.4) is 0 Å². The van der Waals surface area contributed by atoms with Crippen LogP contribution in [-0.2, 0) is 0 Å². The molecule has 0 aliphatic rings. The second-order valence-corrected chi connectivity index (χ2v) is 6.36. The second kappa shape index (κ2) is 9.80. The average Bonchev–Trinajstić information content (AvgIpc) is 2.74. The molecule has 29 heavy (non-hydrogen) atoms. The van der Waals surface area contributed by atoms with Gasteiger partial charge in [0.15, 0.2) is 0 Å². The van der Waals surface area contributed by atoms with Crippen molar-refractivity contribution in [1.82, 2.24) is 5.43 Å². The van der Waals surface area contributed by atoms with Gasteiger partial charge in [-0.25, -0.2) is 5.43 Å². The highest BCUT2D eigenvalue weighted by atomic mass is 16.2. The van der Waals surface area contributed by atoms with E-state index in [2.05, 4.69) is 15.8 Å². The van der Waals surface area contributed by atoms with Crippen LogP contribution in [0.4, 0.5) is 5.69 Å². The summed E-state index contributed by atoms with van der Waals surface area (Å²) < 4.78 is 0. The Hall–Kier alpha value is -3.99. The van der Waals surface area contributed by atoms with E-state index in [-0.39, 0.29) is 5.91 Å². The number of nitrogens with one attached hydrogen (secondary N) is 2. The van der Waals surface area contributed by atoms with Crippen LogP contribution in [0, 0.1) is 6.92 Å². The summed E-state index contributed by atoms with van der Waals surface area (Å²) in [6.45, 7) is 1.92. The molecule has 0 atom stereocenters. The zero-order valence-corrected chi connectivity index (χ0v) is 16.0. The molecule has 2 N–H and O–H groups in total. The highest BCUT2D eigenvalue weighted by molar-refractivity contribution is 6.09. The number of para-hydroxylation sites is 1. The third kappa shape index (κ3) is 5.74. The minimum atomic E-state index is -0.408. The predicted molar refractivity (Wildman–Crippen MR) is 117 cm³/mol. The summed E-state index contributed by atoms with van der Waals surface area (Å²) in [5, 5.41) is 6.72. The number of nitrogens with zero attached hydrogens (tertiary/aromatic N) is 1. The first kappa shape index (κ1) is 19.8. The topological polar surface area (TPSA) is 70.6 Å². The van der Waals surface area contributed by atoms with E-state index in [0.29, 0.717) is 16.8 Å². The fourth-order valence-corrected chi connectivity index (χ4v) is 2.69. The Bertz CT molecular complexity index is 1060. The molecule has 3 aromatic carbocycles. The van der Waals surface area contributed by atoms with Gasteiger partial charge in [-0.3, -0.25) is 9.59 Å². The van der Waals surface area contributed by atoms with Crippen molar-refractivity contribution in [2.75, 3.05) is 5.32 Å². The van der Waals surface area contributed by atoms with Crippen molar-refractivity contribution in [2.24, 2.45) is 5.10 Å². The van der Waals surface area contributed by atoms with Gasteiger partial charge in [0.05, 0.1) is 11.3 Å². The van der Waals surface area contributed by atoms with Gasteiger partial charge in [0.2, 0.25) is 0 Å². The van der Waals surface area contributed by atoms with Crippen LogP contribution in [0.2, 0.25) is 0 Å². The maximum atomic E-state index is 12.5. The van der Waals surface area contributed by atoms with Crippen LogP contribution < -0.4 is 10.7 Å². The molecule has 0 spiro atoms. The van der Waals surface area contributed by atoms with E-state index in [9.17, 15) is 9.59 Å². The Labute approximate surface area is 169 Å². The summed E-state index contributed by atoms with van der Waals surface area (Å²) >= 11 is 0. The van der Waals surface area contributed by atoms with Crippen molar-refractivity contribution >= 4 is 29.8 Å². The van der Waals surface area contributed by atoms with Crippen molar-refractivity contribution in [2.45, 2.75) is 6.92 Å². The van der Waals surface area contributed by atoms with Gasteiger partial charge in [0.1, 0.15) is 0 Å². The summed E-state index contributed by atoms with van der Waals surface area (Å²) in [5.41, 5.74) is 5.79. The number of hydrazone groups is 1. The Balaban J connectivity index is 1.64.